The molecular formula is C20H29Cl2N5O3. The minimum atomic E-state index is -0.519. The lowest BCUT2D eigenvalue weighted by molar-refractivity contribution is 0.0756. The Morgan fingerprint density at radius 1 is 1.27 bits per heavy atom. The molecule has 2 unspecified atom stereocenters. The van der Waals surface area contributed by atoms with Crippen LogP contribution < -0.4 is 22.3 Å². The summed E-state index contributed by atoms with van der Waals surface area (Å²) >= 11 is 0. The molecule has 2 aromatic heterocycles. The summed E-state index contributed by atoms with van der Waals surface area (Å²) < 4.78 is 1.44. The number of H-pyrrole nitrogens is 1. The molecule has 166 valence electrons. The van der Waals surface area contributed by atoms with E-state index in [4.69, 9.17) is 5.73 Å². The first kappa shape index (κ1) is 24.4. The number of carbonyl (C=O) groups excluding carboxylic acids is 1. The van der Waals surface area contributed by atoms with Crippen LogP contribution in [0.2, 0.25) is 0 Å². The number of amides is 1. The number of hydrogen-bond donors (Lipinski definition) is 3. The second-order valence-corrected chi connectivity index (χ2v) is 8.19. The Hall–Kier alpha value is -1.90. The predicted molar refractivity (Wildman–Crippen MR) is 121 cm³/mol. The monoisotopic (exact) mass is 457 g/mol. The molecule has 30 heavy (non-hydrogen) atoms. The molecule has 0 spiro atoms. The Morgan fingerprint density at radius 2 is 1.93 bits per heavy atom. The fourth-order valence-electron chi connectivity index (χ4n) is 4.98. The Kier molecular flexibility index (Phi) is 8.07. The second-order valence-electron chi connectivity index (χ2n) is 8.19. The van der Waals surface area contributed by atoms with Gasteiger partial charge in [-0.05, 0) is 50.0 Å². The lowest BCUT2D eigenvalue weighted by atomic mass is 9.67. The molecular weight excluding hydrogens is 429 g/mol. The highest BCUT2D eigenvalue weighted by molar-refractivity contribution is 5.96. The predicted octanol–water partition coefficient (Wildman–Crippen LogP) is 1.97. The number of halogens is 2. The van der Waals surface area contributed by atoms with Crippen LogP contribution >= 0.6 is 24.8 Å². The van der Waals surface area contributed by atoms with Gasteiger partial charge in [0.15, 0.2) is 0 Å². The average molecular weight is 458 g/mol. The van der Waals surface area contributed by atoms with Crippen molar-refractivity contribution in [3.63, 3.8) is 0 Å². The van der Waals surface area contributed by atoms with Gasteiger partial charge >= 0.3 is 5.69 Å². The van der Waals surface area contributed by atoms with E-state index >= 15 is 0 Å². The molecule has 8 nitrogen and oxygen atoms in total. The molecule has 0 aromatic carbocycles. The van der Waals surface area contributed by atoms with Crippen LogP contribution in [-0.4, -0.2) is 32.5 Å². The van der Waals surface area contributed by atoms with E-state index in [0.29, 0.717) is 29.6 Å². The summed E-state index contributed by atoms with van der Waals surface area (Å²) in [5, 5.41) is 3.43. The zero-order valence-corrected chi connectivity index (χ0v) is 18.6. The van der Waals surface area contributed by atoms with Crippen molar-refractivity contribution in [2.24, 2.45) is 17.6 Å². The van der Waals surface area contributed by atoms with Crippen molar-refractivity contribution < 1.29 is 4.79 Å². The van der Waals surface area contributed by atoms with E-state index in [1.54, 1.807) is 0 Å². The molecule has 0 saturated heterocycles. The smallest absolute Gasteiger partial charge is 0.329 e. The van der Waals surface area contributed by atoms with Gasteiger partial charge in [-0.2, -0.15) is 0 Å². The van der Waals surface area contributed by atoms with Crippen molar-refractivity contribution in [2.45, 2.75) is 64.1 Å². The summed E-state index contributed by atoms with van der Waals surface area (Å²) in [5.74, 6) is 0.607. The number of rotatable bonds is 4. The first-order valence-corrected chi connectivity index (χ1v) is 10.2. The maximum absolute atomic E-state index is 12.9. The minimum absolute atomic E-state index is 0. The van der Waals surface area contributed by atoms with E-state index in [-0.39, 0.29) is 48.2 Å². The van der Waals surface area contributed by atoms with Gasteiger partial charge in [-0.15, -0.1) is 24.8 Å². The number of aromatic amines is 1. The molecule has 4 N–H and O–H groups in total. The van der Waals surface area contributed by atoms with Crippen molar-refractivity contribution in [3.8, 4) is 0 Å². The number of nitrogens with one attached hydrogen (secondary N) is 2. The Balaban J connectivity index is 0.00000160. The van der Waals surface area contributed by atoms with E-state index in [2.05, 4.69) is 15.3 Å². The number of aryl methyl sites for hydroxylation is 1. The number of pyridine rings is 1. The molecule has 0 aliphatic heterocycles. The molecule has 2 atom stereocenters. The maximum Gasteiger partial charge on any atom is 0.329 e. The molecule has 2 aliphatic rings. The second kappa shape index (κ2) is 9.94. The Bertz CT molecular complexity index is 1010. The number of hydrogen-bond acceptors (Lipinski definition) is 5. The normalized spacial score (nSPS) is 25.1. The summed E-state index contributed by atoms with van der Waals surface area (Å²) in [6.07, 6.45) is 7.45. The van der Waals surface area contributed by atoms with Crippen molar-refractivity contribution in [1.29, 1.82) is 0 Å². The van der Waals surface area contributed by atoms with Crippen LogP contribution in [0.15, 0.2) is 21.9 Å². The largest absolute Gasteiger partial charge is 0.349 e. The summed E-state index contributed by atoms with van der Waals surface area (Å²) in [5.41, 5.74) is 5.83. The minimum Gasteiger partial charge on any atom is -0.349 e. The van der Waals surface area contributed by atoms with Gasteiger partial charge in [-0.3, -0.25) is 19.1 Å². The fourth-order valence-corrected chi connectivity index (χ4v) is 4.98. The lowest BCUT2D eigenvalue weighted by Gasteiger charge is -2.45. The molecule has 2 fully saturated rings. The molecule has 4 rings (SSSR count). The zero-order valence-electron chi connectivity index (χ0n) is 16.9. The highest BCUT2D eigenvalue weighted by Crippen LogP contribution is 2.39. The fraction of sp³-hybridized carbons (Fsp3) is 0.600. The van der Waals surface area contributed by atoms with Gasteiger partial charge in [-0.1, -0.05) is 13.3 Å². The van der Waals surface area contributed by atoms with Gasteiger partial charge in [0.1, 0.15) is 5.65 Å². The van der Waals surface area contributed by atoms with Crippen LogP contribution in [0.1, 0.15) is 55.8 Å². The van der Waals surface area contributed by atoms with Crippen LogP contribution in [0, 0.1) is 11.8 Å². The topological polar surface area (TPSA) is 123 Å². The third-order valence-corrected chi connectivity index (χ3v) is 6.22. The first-order valence-electron chi connectivity index (χ1n) is 10.2. The molecule has 2 heterocycles. The molecule has 2 bridgehead atoms. The van der Waals surface area contributed by atoms with E-state index in [1.807, 2.05) is 6.92 Å². The molecule has 1 amide bonds. The number of fused-ring (bicyclic) bond motifs is 3. The third-order valence-electron chi connectivity index (χ3n) is 6.22. The third kappa shape index (κ3) is 4.55. The molecule has 2 aliphatic carbocycles. The van der Waals surface area contributed by atoms with E-state index in [9.17, 15) is 14.4 Å². The van der Waals surface area contributed by atoms with Crippen molar-refractivity contribution in [1.82, 2.24) is 19.9 Å². The number of aromatic nitrogens is 3. The molecule has 0 radical (unpaired) electrons. The van der Waals surface area contributed by atoms with Crippen LogP contribution in [0.3, 0.4) is 0 Å². The number of nitrogens with zero attached hydrogens (tertiary/aromatic N) is 2. The van der Waals surface area contributed by atoms with E-state index < -0.39 is 11.2 Å². The quantitative estimate of drug-likeness (QED) is 0.647. The summed E-state index contributed by atoms with van der Waals surface area (Å²) in [6, 6.07) is 1.88. The van der Waals surface area contributed by atoms with Gasteiger partial charge in [0.25, 0.3) is 11.5 Å². The summed E-state index contributed by atoms with van der Waals surface area (Å²) in [7, 11) is 0. The van der Waals surface area contributed by atoms with Crippen LogP contribution in [0.5, 0.6) is 0 Å². The van der Waals surface area contributed by atoms with Crippen LogP contribution in [0.4, 0.5) is 0 Å². The number of carbonyl (C=O) groups is 1. The Morgan fingerprint density at radius 3 is 2.57 bits per heavy atom. The van der Waals surface area contributed by atoms with E-state index in [1.165, 1.54) is 23.3 Å². The van der Waals surface area contributed by atoms with Gasteiger partial charge in [0.2, 0.25) is 0 Å². The van der Waals surface area contributed by atoms with Crippen molar-refractivity contribution in [3.05, 3.63) is 38.7 Å². The summed E-state index contributed by atoms with van der Waals surface area (Å²) in [4.78, 5) is 43.8. The first-order chi connectivity index (χ1) is 13.5. The van der Waals surface area contributed by atoms with E-state index in [0.717, 1.165) is 32.1 Å². The average Bonchev–Trinajstić information content (AvgIpc) is 2.65. The highest BCUT2D eigenvalue weighted by atomic mass is 35.5. The van der Waals surface area contributed by atoms with Gasteiger partial charge in [0, 0.05) is 24.8 Å². The standard InChI is InChI=1S/C20H27N5O3.2ClH/c1-2-6-25-17-15(19(27)24-20(25)28)9-13(10-22-17)18(26)23-16-11-4-3-5-12(16)8-14(21)7-11;;/h9-12,14,16H,2-8,21H2,1H3,(H,23,26)(H,24,27,28);2*1H. The SMILES string of the molecule is CCCn1c(=O)[nH]c(=O)c2cc(C(=O)NC3C4CCCC3CC(N)C4)cnc21.Cl.Cl. The molecule has 2 aromatic rings. The highest BCUT2D eigenvalue weighted by Gasteiger charge is 2.40. The van der Waals surface area contributed by atoms with Gasteiger partial charge < -0.3 is 11.1 Å². The lowest BCUT2D eigenvalue weighted by Crippen LogP contribution is -2.53. The Labute approximate surface area is 186 Å². The van der Waals surface area contributed by atoms with Crippen LogP contribution in [-0.2, 0) is 6.54 Å². The van der Waals surface area contributed by atoms with Gasteiger partial charge in [-0.25, -0.2) is 9.78 Å². The molecule has 10 heteroatoms. The van der Waals surface area contributed by atoms with Crippen molar-refractivity contribution >= 4 is 41.8 Å². The molecule has 2 saturated carbocycles. The number of nitrogens with two attached hydrogens (primary N) is 1. The van der Waals surface area contributed by atoms with Crippen LogP contribution in [0.25, 0.3) is 11.0 Å². The van der Waals surface area contributed by atoms with Gasteiger partial charge in [0.05, 0.1) is 10.9 Å². The maximum atomic E-state index is 12.9. The zero-order chi connectivity index (χ0) is 19.8. The summed E-state index contributed by atoms with van der Waals surface area (Å²) in [6.45, 7) is 2.40. The van der Waals surface area contributed by atoms with Crippen molar-refractivity contribution in [2.75, 3.05) is 0 Å².